The summed E-state index contributed by atoms with van der Waals surface area (Å²) in [6.45, 7) is 0.387. The fraction of sp³-hybridized carbons (Fsp3) is 0.125. The second-order valence-corrected chi connectivity index (χ2v) is 9.37. The first-order chi connectivity index (χ1) is 16.0. The van der Waals surface area contributed by atoms with Crippen molar-refractivity contribution in [1.29, 1.82) is 0 Å². The van der Waals surface area contributed by atoms with Crippen LogP contribution in [-0.2, 0) is 17.9 Å². The number of benzene rings is 2. The van der Waals surface area contributed by atoms with Crippen LogP contribution in [0.1, 0.15) is 26.4 Å². The van der Waals surface area contributed by atoms with Crippen LogP contribution in [-0.4, -0.2) is 29.4 Å². The summed E-state index contributed by atoms with van der Waals surface area (Å²) in [6.07, 6.45) is 0. The number of halogens is 1. The molecular weight excluding hydrogens is 506 g/mol. The van der Waals surface area contributed by atoms with Crippen LogP contribution in [0.15, 0.2) is 64.5 Å². The third kappa shape index (κ3) is 3.83. The molecule has 0 spiro atoms. The zero-order chi connectivity index (χ0) is 23.1. The van der Waals surface area contributed by atoms with Crippen molar-refractivity contribution in [1.82, 2.24) is 9.88 Å². The molecule has 7 nitrogen and oxygen atoms in total. The van der Waals surface area contributed by atoms with Crippen LogP contribution in [0.4, 0.5) is 5.69 Å². The number of nitrogens with one attached hydrogen (secondary N) is 1. The number of rotatable bonds is 5. The van der Waals surface area contributed by atoms with Gasteiger partial charge >= 0.3 is 0 Å². The van der Waals surface area contributed by atoms with Crippen molar-refractivity contribution in [3.63, 3.8) is 0 Å². The SMILES string of the molecule is COc1ccc(Br)cc1CNC(=O)c1ccc(N2C(=O)Cn3c(cc4sccc43)C2=O)cc1. The van der Waals surface area contributed by atoms with E-state index < -0.39 is 0 Å². The zero-order valence-electron chi connectivity index (χ0n) is 17.5. The lowest BCUT2D eigenvalue weighted by atomic mass is 10.1. The van der Waals surface area contributed by atoms with Gasteiger partial charge in [-0.2, -0.15) is 0 Å². The molecule has 4 aromatic rings. The number of carbonyl (C=O) groups is 3. The number of nitrogens with zero attached hydrogens (tertiary/aromatic N) is 2. The van der Waals surface area contributed by atoms with Gasteiger partial charge in [-0.3, -0.25) is 14.4 Å². The van der Waals surface area contributed by atoms with Gasteiger partial charge in [0.2, 0.25) is 0 Å². The minimum atomic E-state index is -0.367. The standard InChI is InChI=1S/C24H18BrN3O4S/c1-32-20-7-4-16(25)10-15(20)12-26-23(30)14-2-5-17(6-3-14)28-22(29)13-27-18-8-9-33-21(18)11-19(27)24(28)31/h2-11H,12-13H2,1H3,(H,26,30). The van der Waals surface area contributed by atoms with Crippen molar-refractivity contribution in [3.8, 4) is 5.75 Å². The number of methoxy groups -OCH3 is 1. The summed E-state index contributed by atoms with van der Waals surface area (Å²) in [5, 5.41) is 4.81. The highest BCUT2D eigenvalue weighted by Crippen LogP contribution is 2.30. The van der Waals surface area contributed by atoms with Crippen molar-refractivity contribution in [2.45, 2.75) is 13.1 Å². The number of hydrogen-bond donors (Lipinski definition) is 1. The molecule has 1 N–H and O–H groups in total. The van der Waals surface area contributed by atoms with Gasteiger partial charge in [0.05, 0.1) is 23.0 Å². The molecule has 33 heavy (non-hydrogen) atoms. The smallest absolute Gasteiger partial charge is 0.281 e. The minimum Gasteiger partial charge on any atom is -0.496 e. The average Bonchev–Trinajstić information content (AvgIpc) is 3.40. The first-order valence-electron chi connectivity index (χ1n) is 10.1. The highest BCUT2D eigenvalue weighted by Gasteiger charge is 2.33. The van der Waals surface area contributed by atoms with Crippen LogP contribution in [0, 0.1) is 0 Å². The van der Waals surface area contributed by atoms with E-state index in [1.165, 1.54) is 16.2 Å². The Bertz CT molecular complexity index is 1410. The molecule has 0 aliphatic carbocycles. The van der Waals surface area contributed by atoms with E-state index >= 15 is 0 Å². The van der Waals surface area contributed by atoms with Crippen LogP contribution in [0.2, 0.25) is 0 Å². The number of ether oxygens (including phenoxy) is 1. The summed E-state index contributed by atoms with van der Waals surface area (Å²) in [4.78, 5) is 39.7. The lowest BCUT2D eigenvalue weighted by Gasteiger charge is -2.27. The van der Waals surface area contributed by atoms with Crippen molar-refractivity contribution in [2.75, 3.05) is 12.0 Å². The molecule has 2 aromatic heterocycles. The summed E-state index contributed by atoms with van der Waals surface area (Å²) >= 11 is 4.96. The van der Waals surface area contributed by atoms with Crippen molar-refractivity contribution in [2.24, 2.45) is 0 Å². The molecule has 5 rings (SSSR count). The number of amides is 3. The largest absolute Gasteiger partial charge is 0.496 e. The van der Waals surface area contributed by atoms with Gasteiger partial charge in [-0.15, -0.1) is 11.3 Å². The van der Waals surface area contributed by atoms with Gasteiger partial charge in [-0.1, -0.05) is 15.9 Å². The van der Waals surface area contributed by atoms with Gasteiger partial charge in [-0.05, 0) is 60.0 Å². The first kappa shape index (κ1) is 21.4. The number of carbonyl (C=O) groups excluding carboxylic acids is 3. The molecule has 9 heteroatoms. The normalized spacial score (nSPS) is 13.3. The number of thiophene rings is 1. The monoisotopic (exact) mass is 523 g/mol. The molecule has 2 aromatic carbocycles. The highest BCUT2D eigenvalue weighted by atomic mass is 79.9. The molecule has 0 saturated heterocycles. The van der Waals surface area contributed by atoms with E-state index in [1.54, 1.807) is 35.9 Å². The Labute approximate surface area is 201 Å². The Hall–Kier alpha value is -3.43. The quantitative estimate of drug-likeness (QED) is 0.388. The Kier molecular flexibility index (Phi) is 5.51. The molecule has 0 fully saturated rings. The summed E-state index contributed by atoms with van der Waals surface area (Å²) < 4.78 is 8.95. The van der Waals surface area contributed by atoms with E-state index in [0.29, 0.717) is 29.2 Å². The van der Waals surface area contributed by atoms with Crippen LogP contribution in [0.3, 0.4) is 0 Å². The lowest BCUT2D eigenvalue weighted by Crippen LogP contribution is -2.44. The van der Waals surface area contributed by atoms with Gasteiger partial charge in [-0.25, -0.2) is 4.90 Å². The van der Waals surface area contributed by atoms with Crippen LogP contribution in [0.5, 0.6) is 5.75 Å². The third-order valence-corrected chi connectivity index (χ3v) is 6.90. The van der Waals surface area contributed by atoms with Gasteiger partial charge in [0.15, 0.2) is 0 Å². The summed E-state index contributed by atoms with van der Waals surface area (Å²) in [6, 6.07) is 15.8. The van der Waals surface area contributed by atoms with Crippen LogP contribution in [0.25, 0.3) is 10.2 Å². The van der Waals surface area contributed by atoms with E-state index in [9.17, 15) is 14.4 Å². The zero-order valence-corrected chi connectivity index (χ0v) is 19.9. The van der Waals surface area contributed by atoms with Crippen molar-refractivity contribution < 1.29 is 19.1 Å². The maximum atomic E-state index is 13.1. The average molecular weight is 524 g/mol. The number of fused-ring (bicyclic) bond motifs is 3. The molecule has 0 saturated carbocycles. The Balaban J connectivity index is 1.33. The molecule has 0 unspecified atom stereocenters. The molecular formula is C24H18BrN3O4S. The second kappa shape index (κ2) is 8.49. The van der Waals surface area contributed by atoms with Crippen LogP contribution < -0.4 is 15.0 Å². The molecule has 3 amide bonds. The Morgan fingerprint density at radius 2 is 1.91 bits per heavy atom. The van der Waals surface area contributed by atoms with E-state index in [-0.39, 0.29) is 24.3 Å². The molecule has 0 radical (unpaired) electrons. The Morgan fingerprint density at radius 1 is 1.12 bits per heavy atom. The number of anilines is 1. The van der Waals surface area contributed by atoms with E-state index in [4.69, 9.17) is 4.74 Å². The highest BCUT2D eigenvalue weighted by molar-refractivity contribution is 9.10. The third-order valence-electron chi connectivity index (χ3n) is 5.56. The van der Waals surface area contributed by atoms with E-state index in [0.717, 1.165) is 20.3 Å². The molecule has 0 atom stereocenters. The maximum Gasteiger partial charge on any atom is 0.281 e. The second-order valence-electron chi connectivity index (χ2n) is 7.51. The summed E-state index contributed by atoms with van der Waals surface area (Å²) in [5.41, 5.74) is 3.08. The van der Waals surface area contributed by atoms with Gasteiger partial charge in [0.1, 0.15) is 18.0 Å². The topological polar surface area (TPSA) is 80.6 Å². The molecule has 0 bridgehead atoms. The minimum absolute atomic E-state index is 0.0953. The Morgan fingerprint density at radius 3 is 2.67 bits per heavy atom. The fourth-order valence-corrected chi connectivity index (χ4v) is 5.18. The van der Waals surface area contributed by atoms with Gasteiger partial charge < -0.3 is 14.6 Å². The summed E-state index contributed by atoms with van der Waals surface area (Å²) in [7, 11) is 1.58. The van der Waals surface area contributed by atoms with Crippen LogP contribution >= 0.6 is 27.3 Å². The predicted molar refractivity (Wildman–Crippen MR) is 130 cm³/mol. The fourth-order valence-electron chi connectivity index (χ4n) is 3.94. The van der Waals surface area contributed by atoms with E-state index in [2.05, 4.69) is 21.2 Å². The first-order valence-corrected chi connectivity index (χ1v) is 11.8. The molecule has 166 valence electrons. The number of imide groups is 1. The van der Waals surface area contributed by atoms with E-state index in [1.807, 2.05) is 35.7 Å². The predicted octanol–water partition coefficient (Wildman–Crippen LogP) is 4.59. The van der Waals surface area contributed by atoms with Gasteiger partial charge in [0.25, 0.3) is 17.7 Å². The van der Waals surface area contributed by atoms with Crippen molar-refractivity contribution >= 4 is 60.9 Å². The van der Waals surface area contributed by atoms with Crippen molar-refractivity contribution in [3.05, 3.63) is 81.3 Å². The van der Waals surface area contributed by atoms with Gasteiger partial charge in [0, 0.05) is 22.1 Å². The summed E-state index contributed by atoms with van der Waals surface area (Å²) in [5.74, 6) is -0.265. The number of hydrogen-bond acceptors (Lipinski definition) is 5. The number of aromatic nitrogens is 1. The molecule has 1 aliphatic heterocycles. The lowest BCUT2D eigenvalue weighted by molar-refractivity contribution is -0.118. The maximum absolute atomic E-state index is 13.1. The molecule has 1 aliphatic rings. The molecule has 3 heterocycles.